The van der Waals surface area contributed by atoms with Gasteiger partial charge in [0, 0.05) is 24.3 Å². The summed E-state index contributed by atoms with van der Waals surface area (Å²) in [6.07, 6.45) is 6.68. The summed E-state index contributed by atoms with van der Waals surface area (Å²) in [5.41, 5.74) is 7.15. The zero-order chi connectivity index (χ0) is 17.5. The summed E-state index contributed by atoms with van der Waals surface area (Å²) in [6.45, 7) is 8.09. The first-order valence-corrected chi connectivity index (χ1v) is 8.75. The van der Waals surface area contributed by atoms with Gasteiger partial charge in [-0.2, -0.15) is 10.2 Å². The van der Waals surface area contributed by atoms with Crippen molar-refractivity contribution in [2.24, 2.45) is 10.2 Å². The van der Waals surface area contributed by atoms with E-state index in [2.05, 4.69) is 21.1 Å². The van der Waals surface area contributed by atoms with E-state index < -0.39 is 0 Å². The van der Waals surface area contributed by atoms with Crippen LogP contribution in [0.25, 0.3) is 0 Å². The molecule has 0 spiro atoms. The molecule has 6 heteroatoms. The van der Waals surface area contributed by atoms with Crippen molar-refractivity contribution in [3.8, 4) is 0 Å². The predicted molar refractivity (Wildman–Crippen MR) is 95.4 cm³/mol. The largest absolute Gasteiger partial charge is 0.273 e. The zero-order valence-electron chi connectivity index (χ0n) is 15.1. The number of nitrogens with zero attached hydrogens (tertiary/aromatic N) is 2. The molecule has 132 valence electrons. The van der Waals surface area contributed by atoms with E-state index in [4.69, 9.17) is 0 Å². The summed E-state index contributed by atoms with van der Waals surface area (Å²) >= 11 is 0. The number of hydrogen-bond acceptors (Lipinski definition) is 4. The molecule has 0 radical (unpaired) electrons. The van der Waals surface area contributed by atoms with Crippen LogP contribution in [0.5, 0.6) is 0 Å². The van der Waals surface area contributed by atoms with Gasteiger partial charge in [-0.3, -0.25) is 9.59 Å². The molecule has 0 saturated carbocycles. The van der Waals surface area contributed by atoms with Crippen LogP contribution in [0.2, 0.25) is 0 Å². The van der Waals surface area contributed by atoms with E-state index in [1.807, 2.05) is 27.7 Å². The van der Waals surface area contributed by atoms with Crippen molar-refractivity contribution < 1.29 is 9.59 Å². The molecular weight excluding hydrogens is 292 g/mol. The number of unbranched alkanes of at least 4 members (excludes halogenated alkanes) is 2. The fraction of sp³-hybridized carbons (Fsp3) is 0.765. The van der Waals surface area contributed by atoms with Crippen molar-refractivity contribution in [2.75, 3.05) is 0 Å². The van der Waals surface area contributed by atoms with E-state index in [0.717, 1.165) is 56.4 Å². The maximum absolute atomic E-state index is 11.6. The van der Waals surface area contributed by atoms with E-state index >= 15 is 0 Å². The minimum Gasteiger partial charge on any atom is -0.273 e. The maximum Gasteiger partial charge on any atom is 0.240 e. The Morgan fingerprint density at radius 3 is 1.30 bits per heavy atom. The molecule has 2 amide bonds. The van der Waals surface area contributed by atoms with Crippen LogP contribution in [0.15, 0.2) is 10.2 Å². The average molecular weight is 324 g/mol. The van der Waals surface area contributed by atoms with Crippen LogP contribution >= 0.6 is 0 Å². The van der Waals surface area contributed by atoms with Crippen molar-refractivity contribution in [2.45, 2.75) is 85.5 Å². The molecule has 0 aromatic heterocycles. The first-order chi connectivity index (χ1) is 11.1. The highest BCUT2D eigenvalue weighted by Gasteiger charge is 2.03. The van der Waals surface area contributed by atoms with Crippen molar-refractivity contribution >= 4 is 23.2 Å². The zero-order valence-corrected chi connectivity index (χ0v) is 15.1. The van der Waals surface area contributed by atoms with Crippen LogP contribution < -0.4 is 10.9 Å². The van der Waals surface area contributed by atoms with Crippen molar-refractivity contribution in [3.05, 3.63) is 0 Å². The smallest absolute Gasteiger partial charge is 0.240 e. The molecule has 0 aromatic rings. The summed E-state index contributed by atoms with van der Waals surface area (Å²) in [4.78, 5) is 23.2. The number of carbonyl (C=O) groups excluding carboxylic acids is 2. The monoisotopic (exact) mass is 324 g/mol. The molecule has 0 unspecified atom stereocenters. The molecule has 0 fully saturated rings. The molecule has 23 heavy (non-hydrogen) atoms. The van der Waals surface area contributed by atoms with Crippen LogP contribution in [-0.2, 0) is 9.59 Å². The Morgan fingerprint density at radius 1 is 0.652 bits per heavy atom. The van der Waals surface area contributed by atoms with Crippen LogP contribution in [0.3, 0.4) is 0 Å². The number of amides is 2. The Bertz CT molecular complexity index is 367. The van der Waals surface area contributed by atoms with Gasteiger partial charge in [0.05, 0.1) is 0 Å². The molecule has 6 nitrogen and oxygen atoms in total. The minimum absolute atomic E-state index is 0.0611. The van der Waals surface area contributed by atoms with Crippen molar-refractivity contribution in [3.63, 3.8) is 0 Å². The van der Waals surface area contributed by atoms with E-state index in [0.29, 0.717) is 12.8 Å². The standard InChI is InChI=1S/C17H32N4O2/c1-5-14(6-2)18-20-16(22)12-10-9-11-13-17(23)21-19-15(7-3)8-4/h5-13H2,1-4H3,(H,20,22)(H,21,23). The second kappa shape index (κ2) is 13.9. The third-order valence-electron chi connectivity index (χ3n) is 3.62. The molecule has 0 aliphatic heterocycles. The molecule has 0 atom stereocenters. The van der Waals surface area contributed by atoms with Crippen molar-refractivity contribution in [1.29, 1.82) is 0 Å². The molecule has 0 aromatic carbocycles. The second-order valence-corrected chi connectivity index (χ2v) is 5.40. The van der Waals surface area contributed by atoms with Gasteiger partial charge in [-0.05, 0) is 38.5 Å². The topological polar surface area (TPSA) is 82.9 Å². The van der Waals surface area contributed by atoms with Gasteiger partial charge in [-0.15, -0.1) is 0 Å². The van der Waals surface area contributed by atoms with Gasteiger partial charge in [0.2, 0.25) is 11.8 Å². The highest BCUT2D eigenvalue weighted by molar-refractivity contribution is 5.86. The fourth-order valence-electron chi connectivity index (χ4n) is 1.96. The number of hydrazone groups is 2. The van der Waals surface area contributed by atoms with Crippen LogP contribution in [-0.4, -0.2) is 23.2 Å². The second-order valence-electron chi connectivity index (χ2n) is 5.40. The van der Waals surface area contributed by atoms with E-state index in [-0.39, 0.29) is 11.8 Å². The van der Waals surface area contributed by atoms with Crippen LogP contribution in [0.4, 0.5) is 0 Å². The Labute approximate surface area is 140 Å². The number of rotatable bonds is 12. The Balaban J connectivity index is 3.76. The van der Waals surface area contributed by atoms with Gasteiger partial charge >= 0.3 is 0 Å². The van der Waals surface area contributed by atoms with Crippen LogP contribution in [0.1, 0.15) is 85.5 Å². The molecule has 0 saturated heterocycles. The molecule has 0 heterocycles. The molecule has 0 bridgehead atoms. The lowest BCUT2D eigenvalue weighted by atomic mass is 10.1. The minimum atomic E-state index is -0.0611. The maximum atomic E-state index is 11.6. The number of hydrogen-bond donors (Lipinski definition) is 2. The average Bonchev–Trinajstić information content (AvgIpc) is 2.56. The Kier molecular flexibility index (Phi) is 12.9. The van der Waals surface area contributed by atoms with E-state index in [1.165, 1.54) is 0 Å². The summed E-state index contributed by atoms with van der Waals surface area (Å²) in [6, 6.07) is 0. The molecule has 0 aliphatic rings. The molecule has 0 rings (SSSR count). The van der Waals surface area contributed by atoms with E-state index in [9.17, 15) is 9.59 Å². The first kappa shape index (κ1) is 21.3. The summed E-state index contributed by atoms with van der Waals surface area (Å²) in [5.74, 6) is -0.122. The highest BCUT2D eigenvalue weighted by atomic mass is 16.2. The van der Waals surface area contributed by atoms with Gasteiger partial charge in [-0.1, -0.05) is 34.1 Å². The summed E-state index contributed by atoms with van der Waals surface area (Å²) < 4.78 is 0. The Morgan fingerprint density at radius 2 is 1.00 bits per heavy atom. The summed E-state index contributed by atoms with van der Waals surface area (Å²) in [5, 5.41) is 8.17. The highest BCUT2D eigenvalue weighted by Crippen LogP contribution is 2.03. The van der Waals surface area contributed by atoms with Gasteiger partial charge < -0.3 is 0 Å². The van der Waals surface area contributed by atoms with Gasteiger partial charge in [-0.25, -0.2) is 10.9 Å². The molecular formula is C17H32N4O2. The quantitative estimate of drug-likeness (QED) is 0.327. The third kappa shape index (κ3) is 11.5. The van der Waals surface area contributed by atoms with Crippen LogP contribution in [0, 0.1) is 0 Å². The fourth-order valence-corrected chi connectivity index (χ4v) is 1.96. The van der Waals surface area contributed by atoms with Gasteiger partial charge in [0.1, 0.15) is 0 Å². The normalized spacial score (nSPS) is 9.91. The SMILES string of the molecule is CCC(CC)=NNC(=O)CCCCCC(=O)NN=C(CC)CC. The number of carbonyl (C=O) groups is 2. The lowest BCUT2D eigenvalue weighted by Crippen LogP contribution is -2.19. The van der Waals surface area contributed by atoms with Gasteiger partial charge in [0.15, 0.2) is 0 Å². The lowest BCUT2D eigenvalue weighted by Gasteiger charge is -2.04. The van der Waals surface area contributed by atoms with Crippen molar-refractivity contribution in [1.82, 2.24) is 10.9 Å². The van der Waals surface area contributed by atoms with E-state index in [1.54, 1.807) is 0 Å². The third-order valence-corrected chi connectivity index (χ3v) is 3.62. The summed E-state index contributed by atoms with van der Waals surface area (Å²) in [7, 11) is 0. The number of nitrogens with one attached hydrogen (secondary N) is 2. The predicted octanol–water partition coefficient (Wildman–Crippen LogP) is 3.52. The lowest BCUT2D eigenvalue weighted by molar-refractivity contribution is -0.121. The van der Waals surface area contributed by atoms with Gasteiger partial charge in [0.25, 0.3) is 0 Å². The Hall–Kier alpha value is -1.72. The first-order valence-electron chi connectivity index (χ1n) is 8.75. The molecule has 0 aliphatic carbocycles. The molecule has 2 N–H and O–H groups in total.